The number of carbonyl (C=O) groups is 1. The molecule has 1 aliphatic carbocycles. The van der Waals surface area contributed by atoms with Crippen molar-refractivity contribution in [2.24, 2.45) is 0 Å². The summed E-state index contributed by atoms with van der Waals surface area (Å²) in [5.41, 5.74) is 5.46. The number of hydrogen-bond donors (Lipinski definition) is 0. The van der Waals surface area contributed by atoms with E-state index in [1.165, 1.54) is 5.56 Å². The van der Waals surface area contributed by atoms with E-state index in [2.05, 4.69) is 28.2 Å². The van der Waals surface area contributed by atoms with Crippen LogP contribution in [0.15, 0.2) is 85.7 Å². The van der Waals surface area contributed by atoms with E-state index in [0.717, 1.165) is 53.7 Å². The molecule has 0 N–H and O–H groups in total. The lowest BCUT2D eigenvalue weighted by Gasteiger charge is -2.26. The number of Topliss-reactive ketones (excluding diaryl/α,β-unsaturated/α-hetero) is 1. The van der Waals surface area contributed by atoms with Crippen molar-refractivity contribution in [2.45, 2.75) is 44.8 Å². The predicted molar refractivity (Wildman–Crippen MR) is 127 cm³/mol. The van der Waals surface area contributed by atoms with Crippen LogP contribution in [0.2, 0.25) is 0 Å². The summed E-state index contributed by atoms with van der Waals surface area (Å²) in [7, 11) is 0. The number of ketones is 1. The molecule has 4 aromatic rings. The van der Waals surface area contributed by atoms with Crippen LogP contribution in [0.3, 0.4) is 0 Å². The number of fused-ring (bicyclic) bond motifs is 1. The molecule has 1 unspecified atom stereocenters. The van der Waals surface area contributed by atoms with Crippen molar-refractivity contribution in [3.05, 3.63) is 114 Å². The molecule has 2 aromatic heterocycles. The first-order valence-electron chi connectivity index (χ1n) is 11.5. The van der Waals surface area contributed by atoms with Gasteiger partial charge in [0.05, 0.1) is 12.9 Å². The Morgan fingerprint density at radius 3 is 2.64 bits per heavy atom. The standard InChI is InChI=1S/C28H27N3O2/c32-26-10-4-9-23-24(26)13-14-27(25(23)12-11-21-6-5-15-29-18-21)33-28(19-31-17-16-30-20-31)22-7-2-1-3-8-22/h1-3,5-8,13-18,20,28H,4,9-12,19H2. The van der Waals surface area contributed by atoms with Gasteiger partial charge in [0.25, 0.3) is 0 Å². The lowest BCUT2D eigenvalue weighted by molar-refractivity contribution is 0.0972. The summed E-state index contributed by atoms with van der Waals surface area (Å²) in [5.74, 6) is 1.10. The maximum atomic E-state index is 12.6. The van der Waals surface area contributed by atoms with Gasteiger partial charge >= 0.3 is 0 Å². The van der Waals surface area contributed by atoms with E-state index in [1.54, 1.807) is 12.4 Å². The fraction of sp³-hybridized carbons (Fsp3) is 0.250. The van der Waals surface area contributed by atoms with Crippen molar-refractivity contribution in [3.8, 4) is 5.75 Å². The molecule has 0 aliphatic heterocycles. The Labute approximate surface area is 194 Å². The van der Waals surface area contributed by atoms with Gasteiger partial charge < -0.3 is 9.30 Å². The number of aromatic nitrogens is 3. The molecule has 0 saturated heterocycles. The average molecular weight is 438 g/mol. The number of hydrogen-bond acceptors (Lipinski definition) is 4. The smallest absolute Gasteiger partial charge is 0.163 e. The second-order valence-corrected chi connectivity index (χ2v) is 8.48. The number of ether oxygens (including phenoxy) is 1. The molecular formula is C28H27N3O2. The van der Waals surface area contributed by atoms with Crippen molar-refractivity contribution in [2.75, 3.05) is 0 Å². The first kappa shape index (κ1) is 21.1. The second kappa shape index (κ2) is 9.82. The topological polar surface area (TPSA) is 57.0 Å². The Hall–Kier alpha value is -3.73. The van der Waals surface area contributed by atoms with Crippen LogP contribution in [0.4, 0.5) is 0 Å². The normalized spacial score (nSPS) is 14.0. The Balaban J connectivity index is 1.50. The molecule has 5 nitrogen and oxygen atoms in total. The van der Waals surface area contributed by atoms with E-state index in [4.69, 9.17) is 4.74 Å². The molecule has 0 radical (unpaired) electrons. The van der Waals surface area contributed by atoms with Gasteiger partial charge in [-0.2, -0.15) is 0 Å². The average Bonchev–Trinajstić information content (AvgIpc) is 3.37. The van der Waals surface area contributed by atoms with Gasteiger partial charge in [0, 0.05) is 36.8 Å². The van der Waals surface area contributed by atoms with Gasteiger partial charge in [0.2, 0.25) is 0 Å². The molecule has 1 atom stereocenters. The van der Waals surface area contributed by atoms with Crippen molar-refractivity contribution in [3.63, 3.8) is 0 Å². The van der Waals surface area contributed by atoms with Gasteiger partial charge in [0.1, 0.15) is 11.9 Å². The Bertz CT molecular complexity index is 1200. The Morgan fingerprint density at radius 2 is 1.85 bits per heavy atom. The molecule has 0 amide bonds. The van der Waals surface area contributed by atoms with Crippen LogP contribution in [0, 0.1) is 0 Å². The summed E-state index contributed by atoms with van der Waals surface area (Å²) in [4.78, 5) is 21.1. The highest BCUT2D eigenvalue weighted by molar-refractivity contribution is 5.99. The van der Waals surface area contributed by atoms with Crippen LogP contribution in [0.5, 0.6) is 5.75 Å². The highest BCUT2D eigenvalue weighted by Crippen LogP contribution is 2.35. The van der Waals surface area contributed by atoms with Crippen molar-refractivity contribution in [1.82, 2.24) is 14.5 Å². The van der Waals surface area contributed by atoms with Crippen LogP contribution in [-0.4, -0.2) is 20.3 Å². The minimum atomic E-state index is -0.171. The highest BCUT2D eigenvalue weighted by Gasteiger charge is 2.24. The van der Waals surface area contributed by atoms with E-state index in [1.807, 2.05) is 59.7 Å². The number of rotatable bonds is 8. The first-order chi connectivity index (χ1) is 16.3. The molecule has 33 heavy (non-hydrogen) atoms. The molecule has 0 spiro atoms. The summed E-state index contributed by atoms with van der Waals surface area (Å²) in [6.07, 6.45) is 13.2. The number of carbonyl (C=O) groups excluding carboxylic acids is 1. The largest absolute Gasteiger partial charge is 0.484 e. The monoisotopic (exact) mass is 437 g/mol. The van der Waals surface area contributed by atoms with Gasteiger partial charge in [-0.05, 0) is 66.1 Å². The van der Waals surface area contributed by atoms with Crippen LogP contribution in [0.1, 0.15) is 51.6 Å². The number of nitrogens with zero attached hydrogens (tertiary/aromatic N) is 3. The van der Waals surface area contributed by atoms with E-state index in [-0.39, 0.29) is 11.9 Å². The van der Waals surface area contributed by atoms with E-state index in [9.17, 15) is 4.79 Å². The minimum Gasteiger partial charge on any atom is -0.484 e. The van der Waals surface area contributed by atoms with Crippen molar-refractivity contribution < 1.29 is 9.53 Å². The molecule has 0 bridgehead atoms. The Morgan fingerprint density at radius 1 is 0.939 bits per heavy atom. The number of benzene rings is 2. The molecule has 5 heteroatoms. The molecule has 1 aliphatic rings. The second-order valence-electron chi connectivity index (χ2n) is 8.48. The predicted octanol–water partition coefficient (Wildman–Crippen LogP) is 5.40. The maximum absolute atomic E-state index is 12.6. The van der Waals surface area contributed by atoms with Crippen molar-refractivity contribution in [1.29, 1.82) is 0 Å². The third kappa shape index (κ3) is 4.87. The fourth-order valence-electron chi connectivity index (χ4n) is 4.60. The summed E-state index contributed by atoms with van der Waals surface area (Å²) >= 11 is 0. The van der Waals surface area contributed by atoms with Crippen LogP contribution < -0.4 is 4.74 Å². The summed E-state index contributed by atoms with van der Waals surface area (Å²) in [6, 6.07) is 18.3. The lowest BCUT2D eigenvalue weighted by Crippen LogP contribution is -2.18. The SMILES string of the molecule is O=C1CCCc2c1ccc(OC(Cn1ccnc1)c1ccccc1)c2CCc1cccnc1. The molecule has 5 rings (SSSR count). The van der Waals surface area contributed by atoms with E-state index in [0.29, 0.717) is 13.0 Å². The summed E-state index contributed by atoms with van der Waals surface area (Å²) in [6.45, 7) is 0.655. The van der Waals surface area contributed by atoms with Crippen LogP contribution in [0.25, 0.3) is 0 Å². The van der Waals surface area contributed by atoms with Gasteiger partial charge in [-0.1, -0.05) is 36.4 Å². The number of pyridine rings is 1. The van der Waals surface area contributed by atoms with Crippen LogP contribution >= 0.6 is 0 Å². The van der Waals surface area contributed by atoms with Gasteiger partial charge in [-0.3, -0.25) is 9.78 Å². The maximum Gasteiger partial charge on any atom is 0.163 e. The zero-order chi connectivity index (χ0) is 22.5. The van der Waals surface area contributed by atoms with Crippen LogP contribution in [-0.2, 0) is 25.8 Å². The molecular weight excluding hydrogens is 410 g/mol. The quantitative estimate of drug-likeness (QED) is 0.370. The number of imidazole rings is 1. The number of aryl methyl sites for hydroxylation is 1. The summed E-state index contributed by atoms with van der Waals surface area (Å²) < 4.78 is 8.76. The van der Waals surface area contributed by atoms with E-state index >= 15 is 0 Å². The minimum absolute atomic E-state index is 0.171. The molecule has 0 saturated carbocycles. The Kier molecular flexibility index (Phi) is 6.29. The van der Waals surface area contributed by atoms with Crippen molar-refractivity contribution >= 4 is 5.78 Å². The molecule has 2 heterocycles. The first-order valence-corrected chi connectivity index (χ1v) is 11.5. The molecule has 0 fully saturated rings. The lowest BCUT2D eigenvalue weighted by atomic mass is 9.85. The third-order valence-corrected chi connectivity index (χ3v) is 6.28. The third-order valence-electron chi connectivity index (χ3n) is 6.28. The van der Waals surface area contributed by atoms with Gasteiger partial charge in [-0.15, -0.1) is 0 Å². The van der Waals surface area contributed by atoms with Gasteiger partial charge in [-0.25, -0.2) is 4.98 Å². The summed E-state index contributed by atoms with van der Waals surface area (Å²) in [5, 5.41) is 0. The fourth-order valence-corrected chi connectivity index (χ4v) is 4.60. The van der Waals surface area contributed by atoms with Gasteiger partial charge in [0.15, 0.2) is 5.78 Å². The van der Waals surface area contributed by atoms with E-state index < -0.39 is 0 Å². The molecule has 166 valence electrons. The highest BCUT2D eigenvalue weighted by atomic mass is 16.5. The molecule has 2 aromatic carbocycles. The zero-order valence-electron chi connectivity index (χ0n) is 18.6. The zero-order valence-corrected chi connectivity index (χ0v) is 18.6.